The second kappa shape index (κ2) is 11.0. The number of ether oxygens (including phenoxy) is 1. The maximum absolute atomic E-state index is 12.4. The predicted octanol–water partition coefficient (Wildman–Crippen LogP) is 3.48. The third kappa shape index (κ3) is 7.11. The lowest BCUT2D eigenvalue weighted by molar-refractivity contribution is -0.141. The summed E-state index contributed by atoms with van der Waals surface area (Å²) in [4.78, 5) is 36.3. The first-order chi connectivity index (χ1) is 13.1. The van der Waals surface area contributed by atoms with Crippen LogP contribution in [0.3, 0.4) is 0 Å². The van der Waals surface area contributed by atoms with Gasteiger partial charge in [0.25, 0.3) is 0 Å². The molecule has 0 fully saturated rings. The topological polar surface area (TPSA) is 72.5 Å². The van der Waals surface area contributed by atoms with Crippen molar-refractivity contribution in [2.24, 2.45) is 0 Å². The maximum atomic E-state index is 12.4. The molecule has 0 aromatic heterocycles. The van der Waals surface area contributed by atoms with Gasteiger partial charge < -0.3 is 10.1 Å². The Morgan fingerprint density at radius 3 is 2.15 bits per heavy atom. The third-order valence-corrected chi connectivity index (χ3v) is 4.47. The molecule has 2 rings (SSSR count). The number of Topliss-reactive ketones (excluding diaryl/α,β-unsaturated/α-hetero) is 1. The van der Waals surface area contributed by atoms with Crippen molar-refractivity contribution in [1.82, 2.24) is 5.32 Å². The molecule has 0 aliphatic rings. The van der Waals surface area contributed by atoms with Crippen LogP contribution < -0.4 is 5.32 Å². The van der Waals surface area contributed by atoms with Gasteiger partial charge in [0.05, 0.1) is 17.4 Å². The van der Waals surface area contributed by atoms with Crippen LogP contribution in [0, 0.1) is 0 Å². The number of carbonyl (C=O) groups is 3. The first-order valence-corrected chi connectivity index (χ1v) is 9.50. The van der Waals surface area contributed by atoms with E-state index in [1.165, 1.54) is 17.8 Å². The minimum Gasteiger partial charge on any atom is -0.465 e. The molecule has 27 heavy (non-hydrogen) atoms. The number of esters is 1. The van der Waals surface area contributed by atoms with Gasteiger partial charge in [-0.1, -0.05) is 60.7 Å². The van der Waals surface area contributed by atoms with Gasteiger partial charge in [-0.2, -0.15) is 0 Å². The highest BCUT2D eigenvalue weighted by Gasteiger charge is 2.11. The molecule has 0 bridgehead atoms. The number of allylic oxidation sites excluding steroid dienone is 1. The van der Waals surface area contributed by atoms with E-state index in [9.17, 15) is 14.4 Å². The highest BCUT2D eigenvalue weighted by molar-refractivity contribution is 8.03. The number of rotatable bonds is 10. The molecule has 0 atom stereocenters. The molecule has 1 N–H and O–H groups in total. The summed E-state index contributed by atoms with van der Waals surface area (Å²) in [5, 5.41) is 3.33. The summed E-state index contributed by atoms with van der Waals surface area (Å²) in [5.41, 5.74) is 1.13. The van der Waals surface area contributed by atoms with Crippen molar-refractivity contribution < 1.29 is 19.1 Å². The second-order valence-corrected chi connectivity index (χ2v) is 6.49. The smallest absolute Gasteiger partial charge is 0.325 e. The first-order valence-electron chi connectivity index (χ1n) is 8.51. The van der Waals surface area contributed by atoms with Crippen molar-refractivity contribution in [3.63, 3.8) is 0 Å². The van der Waals surface area contributed by atoms with E-state index in [0.29, 0.717) is 16.2 Å². The van der Waals surface area contributed by atoms with Crippen LogP contribution in [-0.4, -0.2) is 36.4 Å². The Balaban J connectivity index is 2.06. The molecule has 0 unspecified atom stereocenters. The van der Waals surface area contributed by atoms with Gasteiger partial charge in [0.15, 0.2) is 11.6 Å². The van der Waals surface area contributed by atoms with Crippen LogP contribution in [-0.2, 0) is 9.53 Å². The molecule has 140 valence electrons. The van der Waals surface area contributed by atoms with E-state index in [4.69, 9.17) is 4.74 Å². The predicted molar refractivity (Wildman–Crippen MR) is 107 cm³/mol. The summed E-state index contributed by atoms with van der Waals surface area (Å²) in [6.45, 7) is 1.93. The van der Waals surface area contributed by atoms with Crippen LogP contribution in [0.15, 0.2) is 71.8 Å². The zero-order valence-electron chi connectivity index (χ0n) is 15.0. The van der Waals surface area contributed by atoms with Gasteiger partial charge in [-0.3, -0.25) is 14.4 Å². The molecule has 6 heteroatoms. The molecule has 2 aromatic carbocycles. The number of thioether (sulfide) groups is 1. The molecular weight excluding hydrogens is 362 g/mol. The van der Waals surface area contributed by atoms with E-state index >= 15 is 0 Å². The van der Waals surface area contributed by atoms with E-state index in [0.717, 1.165) is 0 Å². The summed E-state index contributed by atoms with van der Waals surface area (Å²) in [5.74, 6) is -0.544. The Labute approximate surface area is 162 Å². The monoisotopic (exact) mass is 383 g/mol. The summed E-state index contributed by atoms with van der Waals surface area (Å²) < 4.78 is 4.89. The molecule has 0 aliphatic carbocycles. The number of hydrogen-bond donors (Lipinski definition) is 1. The van der Waals surface area contributed by atoms with Crippen molar-refractivity contribution in [3.05, 3.63) is 82.9 Å². The maximum Gasteiger partial charge on any atom is 0.325 e. The molecule has 0 spiro atoms. The minimum atomic E-state index is -0.425. The number of ketones is 2. The molecule has 2 aromatic rings. The lowest BCUT2D eigenvalue weighted by atomic mass is 10.1. The Bertz CT molecular complexity index is 803. The summed E-state index contributed by atoms with van der Waals surface area (Å²) in [6.07, 6.45) is 1.40. The zero-order valence-corrected chi connectivity index (χ0v) is 15.8. The SMILES string of the molecule is CCOC(=O)CN/C(=C\C(=O)c1ccccc1)SCC(=O)c1ccccc1. The largest absolute Gasteiger partial charge is 0.465 e. The average molecular weight is 383 g/mol. The van der Waals surface area contributed by atoms with E-state index in [1.54, 1.807) is 55.5 Å². The molecule has 0 saturated heterocycles. The Morgan fingerprint density at radius 1 is 0.963 bits per heavy atom. The van der Waals surface area contributed by atoms with E-state index in [1.807, 2.05) is 12.1 Å². The van der Waals surface area contributed by atoms with Crippen LogP contribution in [0.4, 0.5) is 0 Å². The Morgan fingerprint density at radius 2 is 1.56 bits per heavy atom. The number of carbonyl (C=O) groups excluding carboxylic acids is 3. The zero-order chi connectivity index (χ0) is 19.5. The molecule has 0 aliphatic heterocycles. The summed E-state index contributed by atoms with van der Waals surface area (Å²) >= 11 is 1.18. The number of hydrogen-bond acceptors (Lipinski definition) is 6. The van der Waals surface area contributed by atoms with Gasteiger partial charge in [-0.05, 0) is 6.92 Å². The van der Waals surface area contributed by atoms with Gasteiger partial charge in [0.2, 0.25) is 0 Å². The van der Waals surface area contributed by atoms with Crippen LogP contribution in [0.1, 0.15) is 27.6 Å². The Kier molecular flexibility index (Phi) is 8.32. The molecule has 0 heterocycles. The van der Waals surface area contributed by atoms with Gasteiger partial charge in [0.1, 0.15) is 6.54 Å². The summed E-state index contributed by atoms with van der Waals surface area (Å²) in [6, 6.07) is 17.7. The first kappa shape index (κ1) is 20.5. The van der Waals surface area contributed by atoms with Crippen molar-refractivity contribution in [2.75, 3.05) is 18.9 Å². The molecule has 5 nitrogen and oxygen atoms in total. The number of nitrogens with one attached hydrogen (secondary N) is 1. The highest BCUT2D eigenvalue weighted by Crippen LogP contribution is 2.16. The van der Waals surface area contributed by atoms with Gasteiger partial charge in [-0.25, -0.2) is 0 Å². The van der Waals surface area contributed by atoms with Crippen LogP contribution in [0.25, 0.3) is 0 Å². The van der Waals surface area contributed by atoms with Crippen molar-refractivity contribution in [3.8, 4) is 0 Å². The van der Waals surface area contributed by atoms with Crippen molar-refractivity contribution >= 4 is 29.3 Å². The second-order valence-electron chi connectivity index (χ2n) is 5.48. The molecule has 0 amide bonds. The van der Waals surface area contributed by atoms with E-state index in [-0.39, 0.29) is 30.5 Å². The standard InChI is InChI=1S/C21H21NO4S/c1-2-26-21(25)14-22-20(13-18(23)16-9-5-3-6-10-16)27-15-19(24)17-11-7-4-8-12-17/h3-13,22H,2,14-15H2,1H3/b20-13+. The fourth-order valence-corrected chi connectivity index (χ4v) is 2.99. The van der Waals surface area contributed by atoms with Gasteiger partial charge >= 0.3 is 5.97 Å². The van der Waals surface area contributed by atoms with Gasteiger partial charge in [-0.15, -0.1) is 11.8 Å². The number of benzene rings is 2. The fourth-order valence-electron chi connectivity index (χ4n) is 2.17. The molecule has 0 radical (unpaired) electrons. The Hall–Kier alpha value is -2.86. The van der Waals surface area contributed by atoms with Crippen LogP contribution in [0.2, 0.25) is 0 Å². The van der Waals surface area contributed by atoms with Crippen LogP contribution in [0.5, 0.6) is 0 Å². The normalized spacial score (nSPS) is 10.9. The quantitative estimate of drug-likeness (QED) is 0.385. The average Bonchev–Trinajstić information content (AvgIpc) is 2.71. The fraction of sp³-hybridized carbons (Fsp3) is 0.190. The van der Waals surface area contributed by atoms with Gasteiger partial charge in [0, 0.05) is 17.2 Å². The van der Waals surface area contributed by atoms with Crippen LogP contribution >= 0.6 is 11.8 Å². The van der Waals surface area contributed by atoms with E-state index in [2.05, 4.69) is 5.32 Å². The minimum absolute atomic E-state index is 0.0587. The molecule has 0 saturated carbocycles. The third-order valence-electron chi connectivity index (χ3n) is 3.49. The molecular formula is C21H21NO4S. The van der Waals surface area contributed by atoms with E-state index < -0.39 is 5.97 Å². The highest BCUT2D eigenvalue weighted by atomic mass is 32.2. The lowest BCUT2D eigenvalue weighted by Crippen LogP contribution is -2.24. The van der Waals surface area contributed by atoms with Crippen molar-refractivity contribution in [1.29, 1.82) is 0 Å². The van der Waals surface area contributed by atoms with Crippen molar-refractivity contribution in [2.45, 2.75) is 6.92 Å². The lowest BCUT2D eigenvalue weighted by Gasteiger charge is -2.10. The summed E-state index contributed by atoms with van der Waals surface area (Å²) in [7, 11) is 0.